The van der Waals surface area contributed by atoms with Crippen LogP contribution < -0.4 is 0 Å². The van der Waals surface area contributed by atoms with Crippen LogP contribution in [0.25, 0.3) is 0 Å². The minimum atomic E-state index is 0.611. The molecule has 78 valence electrons. The van der Waals surface area contributed by atoms with Gasteiger partial charge in [0.1, 0.15) is 0 Å². The molecule has 0 aromatic rings. The van der Waals surface area contributed by atoms with E-state index in [1.807, 2.05) is 0 Å². The van der Waals surface area contributed by atoms with Crippen molar-refractivity contribution in [3.05, 3.63) is 0 Å². The van der Waals surface area contributed by atoms with Gasteiger partial charge in [-0.3, -0.25) is 0 Å². The van der Waals surface area contributed by atoms with Crippen LogP contribution in [0.3, 0.4) is 0 Å². The molecule has 1 saturated heterocycles. The van der Waals surface area contributed by atoms with Crippen molar-refractivity contribution in [1.82, 2.24) is 9.80 Å². The van der Waals surface area contributed by atoms with E-state index in [-0.39, 0.29) is 0 Å². The SMILES string of the molecule is CCN(C)CCC1(C)CN(CC)C1. The highest BCUT2D eigenvalue weighted by atomic mass is 15.2. The summed E-state index contributed by atoms with van der Waals surface area (Å²) in [6, 6.07) is 0. The van der Waals surface area contributed by atoms with Crippen LogP contribution in [0.5, 0.6) is 0 Å². The Morgan fingerprint density at radius 3 is 2.38 bits per heavy atom. The molecular formula is C11H24N2. The Labute approximate surface area is 82.9 Å². The van der Waals surface area contributed by atoms with Gasteiger partial charge in [-0.1, -0.05) is 20.8 Å². The number of likely N-dealkylation sites (tertiary alicyclic amines) is 1. The zero-order valence-corrected chi connectivity index (χ0v) is 9.64. The Balaban J connectivity index is 2.15. The number of rotatable bonds is 5. The minimum absolute atomic E-state index is 0.611. The summed E-state index contributed by atoms with van der Waals surface area (Å²) in [5, 5.41) is 0. The zero-order chi connectivity index (χ0) is 9.90. The second-order valence-corrected chi connectivity index (χ2v) is 4.76. The molecule has 0 unspecified atom stereocenters. The van der Waals surface area contributed by atoms with Crippen LogP contribution in [0.4, 0.5) is 0 Å². The fraction of sp³-hybridized carbons (Fsp3) is 1.00. The fourth-order valence-electron chi connectivity index (χ4n) is 2.03. The van der Waals surface area contributed by atoms with Crippen LogP contribution in [-0.4, -0.2) is 49.6 Å². The molecule has 0 saturated carbocycles. The summed E-state index contributed by atoms with van der Waals surface area (Å²) in [5.74, 6) is 0. The number of hydrogen-bond donors (Lipinski definition) is 0. The molecule has 0 N–H and O–H groups in total. The molecule has 0 amide bonds. The maximum absolute atomic E-state index is 2.52. The van der Waals surface area contributed by atoms with E-state index in [0.717, 1.165) is 0 Å². The summed E-state index contributed by atoms with van der Waals surface area (Å²) in [6.07, 6.45) is 1.36. The molecule has 2 heteroatoms. The second-order valence-electron chi connectivity index (χ2n) is 4.76. The fourth-order valence-corrected chi connectivity index (χ4v) is 2.03. The van der Waals surface area contributed by atoms with Crippen molar-refractivity contribution in [2.45, 2.75) is 27.2 Å². The maximum atomic E-state index is 2.52. The van der Waals surface area contributed by atoms with Crippen molar-refractivity contribution in [3.8, 4) is 0 Å². The smallest absolute Gasteiger partial charge is 0.00482 e. The Morgan fingerprint density at radius 2 is 1.92 bits per heavy atom. The molecule has 0 spiro atoms. The third-order valence-electron chi connectivity index (χ3n) is 3.29. The summed E-state index contributed by atoms with van der Waals surface area (Å²) in [6.45, 7) is 13.2. The lowest BCUT2D eigenvalue weighted by molar-refractivity contribution is 0.00777. The number of nitrogens with zero attached hydrogens (tertiary/aromatic N) is 2. The van der Waals surface area contributed by atoms with Gasteiger partial charge in [-0.25, -0.2) is 0 Å². The third kappa shape index (κ3) is 2.96. The molecule has 0 atom stereocenters. The second kappa shape index (κ2) is 4.43. The van der Waals surface area contributed by atoms with E-state index in [9.17, 15) is 0 Å². The molecule has 0 aromatic heterocycles. The first kappa shape index (κ1) is 11.0. The maximum Gasteiger partial charge on any atom is 0.00482 e. The summed E-state index contributed by atoms with van der Waals surface area (Å²) >= 11 is 0. The summed E-state index contributed by atoms with van der Waals surface area (Å²) in [7, 11) is 2.21. The van der Waals surface area contributed by atoms with Gasteiger partial charge in [-0.15, -0.1) is 0 Å². The van der Waals surface area contributed by atoms with Gasteiger partial charge in [-0.2, -0.15) is 0 Å². The summed E-state index contributed by atoms with van der Waals surface area (Å²) < 4.78 is 0. The minimum Gasteiger partial charge on any atom is -0.307 e. The van der Waals surface area contributed by atoms with Gasteiger partial charge in [0.2, 0.25) is 0 Å². The van der Waals surface area contributed by atoms with E-state index >= 15 is 0 Å². The van der Waals surface area contributed by atoms with Crippen LogP contribution in [0.15, 0.2) is 0 Å². The molecule has 1 heterocycles. The topological polar surface area (TPSA) is 6.48 Å². The lowest BCUT2D eigenvalue weighted by atomic mass is 9.79. The first-order valence-electron chi connectivity index (χ1n) is 5.50. The average Bonchev–Trinajstić information content (AvgIpc) is 2.09. The van der Waals surface area contributed by atoms with Crippen molar-refractivity contribution in [2.24, 2.45) is 5.41 Å². The van der Waals surface area contributed by atoms with Gasteiger partial charge < -0.3 is 9.80 Å². The highest BCUT2D eigenvalue weighted by Crippen LogP contribution is 2.32. The molecular weight excluding hydrogens is 160 g/mol. The molecule has 0 aliphatic carbocycles. The van der Waals surface area contributed by atoms with E-state index in [2.05, 4.69) is 37.6 Å². The zero-order valence-electron chi connectivity index (χ0n) is 9.64. The largest absolute Gasteiger partial charge is 0.307 e. The normalized spacial score (nSPS) is 21.9. The lowest BCUT2D eigenvalue weighted by Crippen LogP contribution is -2.55. The van der Waals surface area contributed by atoms with E-state index < -0.39 is 0 Å². The number of hydrogen-bond acceptors (Lipinski definition) is 2. The standard InChI is InChI=1S/C11H24N2/c1-5-12(4)8-7-11(3)9-13(6-2)10-11/h5-10H2,1-4H3. The van der Waals surface area contributed by atoms with Crippen molar-refractivity contribution in [2.75, 3.05) is 39.8 Å². The molecule has 0 bridgehead atoms. The van der Waals surface area contributed by atoms with E-state index in [0.29, 0.717) is 5.41 Å². The van der Waals surface area contributed by atoms with Crippen LogP contribution in [-0.2, 0) is 0 Å². The molecule has 0 aromatic carbocycles. The Bertz CT molecular complexity index is 150. The highest BCUT2D eigenvalue weighted by molar-refractivity contribution is 4.90. The molecule has 2 nitrogen and oxygen atoms in total. The van der Waals surface area contributed by atoms with Gasteiger partial charge in [0, 0.05) is 13.1 Å². The van der Waals surface area contributed by atoms with Crippen molar-refractivity contribution in [1.29, 1.82) is 0 Å². The molecule has 1 fully saturated rings. The molecule has 0 radical (unpaired) electrons. The van der Waals surface area contributed by atoms with Crippen LogP contribution in [0.2, 0.25) is 0 Å². The predicted molar refractivity (Wildman–Crippen MR) is 58.0 cm³/mol. The third-order valence-corrected chi connectivity index (χ3v) is 3.29. The van der Waals surface area contributed by atoms with Crippen molar-refractivity contribution < 1.29 is 0 Å². The van der Waals surface area contributed by atoms with E-state index in [1.54, 1.807) is 0 Å². The molecule has 1 aliphatic rings. The Morgan fingerprint density at radius 1 is 1.31 bits per heavy atom. The van der Waals surface area contributed by atoms with Crippen LogP contribution in [0.1, 0.15) is 27.2 Å². The van der Waals surface area contributed by atoms with Gasteiger partial charge in [-0.05, 0) is 38.5 Å². The van der Waals surface area contributed by atoms with E-state index in [4.69, 9.17) is 0 Å². The Kier molecular flexibility index (Phi) is 3.74. The first-order chi connectivity index (χ1) is 6.09. The van der Waals surface area contributed by atoms with Gasteiger partial charge in [0.05, 0.1) is 0 Å². The van der Waals surface area contributed by atoms with Gasteiger partial charge >= 0.3 is 0 Å². The monoisotopic (exact) mass is 184 g/mol. The van der Waals surface area contributed by atoms with Crippen LogP contribution in [0, 0.1) is 5.41 Å². The van der Waals surface area contributed by atoms with Gasteiger partial charge in [0.15, 0.2) is 0 Å². The summed E-state index contributed by atoms with van der Waals surface area (Å²) in [5.41, 5.74) is 0.611. The van der Waals surface area contributed by atoms with E-state index in [1.165, 1.54) is 39.1 Å². The lowest BCUT2D eigenvalue weighted by Gasteiger charge is -2.48. The quantitative estimate of drug-likeness (QED) is 0.641. The molecule has 1 rings (SSSR count). The van der Waals surface area contributed by atoms with Crippen molar-refractivity contribution >= 4 is 0 Å². The highest BCUT2D eigenvalue weighted by Gasteiger charge is 2.36. The predicted octanol–water partition coefficient (Wildman–Crippen LogP) is 1.67. The molecule has 13 heavy (non-hydrogen) atoms. The first-order valence-corrected chi connectivity index (χ1v) is 5.50. The molecule has 1 aliphatic heterocycles. The van der Waals surface area contributed by atoms with Crippen molar-refractivity contribution in [3.63, 3.8) is 0 Å². The van der Waals surface area contributed by atoms with Gasteiger partial charge in [0.25, 0.3) is 0 Å². The Hall–Kier alpha value is -0.0800. The summed E-state index contributed by atoms with van der Waals surface area (Å²) in [4.78, 5) is 4.92. The average molecular weight is 184 g/mol. The van der Waals surface area contributed by atoms with Crippen LogP contribution >= 0.6 is 0 Å².